The number of nitrogens with zero attached hydrogens (tertiary/aromatic N) is 1. The number of imidazole rings is 1. The summed E-state index contributed by atoms with van der Waals surface area (Å²) in [6, 6.07) is 16.0. The highest BCUT2D eigenvalue weighted by molar-refractivity contribution is 5.79. The summed E-state index contributed by atoms with van der Waals surface area (Å²) < 4.78 is 0. The lowest BCUT2D eigenvalue weighted by atomic mass is 10.0. The monoisotopic (exact) mass is 363 g/mol. The van der Waals surface area contributed by atoms with Crippen LogP contribution in [0.5, 0.6) is 5.75 Å². The van der Waals surface area contributed by atoms with Gasteiger partial charge in [-0.15, -0.1) is 0 Å². The Morgan fingerprint density at radius 1 is 1.00 bits per heavy atom. The van der Waals surface area contributed by atoms with E-state index in [9.17, 15) is 5.11 Å². The van der Waals surface area contributed by atoms with Gasteiger partial charge in [0.1, 0.15) is 11.6 Å². The fourth-order valence-electron chi connectivity index (χ4n) is 3.18. The zero-order chi connectivity index (χ0) is 19.1. The second-order valence-corrected chi connectivity index (χ2v) is 6.93. The van der Waals surface area contributed by atoms with Crippen molar-refractivity contribution in [3.05, 3.63) is 59.9 Å². The van der Waals surface area contributed by atoms with Crippen molar-refractivity contribution in [2.75, 3.05) is 6.54 Å². The average Bonchev–Trinajstić information content (AvgIpc) is 3.11. The molecule has 1 heterocycles. The number of aryl methyl sites for hydroxylation is 1. The third kappa shape index (κ3) is 4.98. The van der Waals surface area contributed by atoms with E-state index in [1.807, 2.05) is 12.1 Å². The number of nitrogens with one attached hydrogen (secondary N) is 2. The van der Waals surface area contributed by atoms with E-state index in [1.54, 1.807) is 12.1 Å². The number of aromatic nitrogens is 2. The first-order valence-electron chi connectivity index (χ1n) is 9.89. The zero-order valence-electron chi connectivity index (χ0n) is 16.3. The molecule has 0 saturated carbocycles. The molecule has 0 aliphatic carbocycles. The minimum absolute atomic E-state index is 0.252. The molecule has 3 N–H and O–H groups in total. The van der Waals surface area contributed by atoms with Crippen LogP contribution < -0.4 is 5.32 Å². The highest BCUT2D eigenvalue weighted by Gasteiger charge is 2.14. The van der Waals surface area contributed by atoms with Crippen LogP contribution in [0.15, 0.2) is 48.5 Å². The van der Waals surface area contributed by atoms with E-state index in [4.69, 9.17) is 4.98 Å². The van der Waals surface area contributed by atoms with Crippen LogP contribution in [0.1, 0.15) is 44.5 Å². The molecule has 3 aromatic rings. The maximum absolute atomic E-state index is 9.88. The van der Waals surface area contributed by atoms with E-state index >= 15 is 0 Å². The van der Waals surface area contributed by atoms with Gasteiger partial charge in [-0.25, -0.2) is 4.98 Å². The number of aromatic hydroxyl groups is 1. The van der Waals surface area contributed by atoms with Gasteiger partial charge in [0.15, 0.2) is 0 Å². The normalized spacial score (nSPS) is 11.0. The minimum atomic E-state index is 0.252. The first kappa shape index (κ1) is 19.2. The van der Waals surface area contributed by atoms with Crippen LogP contribution in [0.25, 0.3) is 22.5 Å². The molecule has 27 heavy (non-hydrogen) atoms. The van der Waals surface area contributed by atoms with Gasteiger partial charge in [-0.05, 0) is 43.5 Å². The highest BCUT2D eigenvalue weighted by Crippen LogP contribution is 2.32. The Balaban J connectivity index is 1.94. The van der Waals surface area contributed by atoms with E-state index in [2.05, 4.69) is 48.4 Å². The predicted molar refractivity (Wildman–Crippen MR) is 112 cm³/mol. The summed E-state index contributed by atoms with van der Waals surface area (Å²) in [6.07, 6.45) is 4.63. The molecule has 0 aliphatic heterocycles. The molecule has 0 aliphatic rings. The van der Waals surface area contributed by atoms with Gasteiger partial charge < -0.3 is 15.4 Å². The van der Waals surface area contributed by atoms with E-state index in [0.29, 0.717) is 6.54 Å². The quantitative estimate of drug-likeness (QED) is 0.453. The van der Waals surface area contributed by atoms with Crippen molar-refractivity contribution >= 4 is 0 Å². The summed E-state index contributed by atoms with van der Waals surface area (Å²) in [5.74, 6) is 1.16. The molecular weight excluding hydrogens is 334 g/mol. The Hall–Kier alpha value is -2.59. The summed E-state index contributed by atoms with van der Waals surface area (Å²) in [6.45, 7) is 6.03. The smallest absolute Gasteiger partial charge is 0.121 e. The molecular formula is C23H29N3O. The lowest BCUT2D eigenvalue weighted by molar-refractivity contribution is 0.475. The molecule has 0 spiro atoms. The second kappa shape index (κ2) is 9.38. The molecule has 142 valence electrons. The maximum atomic E-state index is 9.88. The third-order valence-corrected chi connectivity index (χ3v) is 4.65. The fraction of sp³-hybridized carbons (Fsp3) is 0.348. The van der Waals surface area contributed by atoms with Crippen LogP contribution in [0, 0.1) is 0 Å². The molecule has 0 fully saturated rings. The summed E-state index contributed by atoms with van der Waals surface area (Å²) in [7, 11) is 0. The average molecular weight is 364 g/mol. The highest BCUT2D eigenvalue weighted by atomic mass is 16.3. The Kier molecular flexibility index (Phi) is 6.66. The number of hydrogen-bond acceptors (Lipinski definition) is 3. The van der Waals surface area contributed by atoms with Crippen LogP contribution in [-0.2, 0) is 13.0 Å². The Morgan fingerprint density at radius 2 is 1.81 bits per heavy atom. The van der Waals surface area contributed by atoms with Crippen molar-refractivity contribution in [2.24, 2.45) is 0 Å². The maximum Gasteiger partial charge on any atom is 0.121 e. The molecule has 4 heteroatoms. The van der Waals surface area contributed by atoms with Crippen molar-refractivity contribution in [3.8, 4) is 28.3 Å². The second-order valence-electron chi connectivity index (χ2n) is 6.93. The molecule has 0 amide bonds. The molecule has 2 aromatic carbocycles. The lowest BCUT2D eigenvalue weighted by Crippen LogP contribution is -2.14. The van der Waals surface area contributed by atoms with Gasteiger partial charge in [-0.3, -0.25) is 0 Å². The van der Waals surface area contributed by atoms with Gasteiger partial charge in [0.05, 0.1) is 17.9 Å². The summed E-state index contributed by atoms with van der Waals surface area (Å²) in [5, 5.41) is 13.3. The van der Waals surface area contributed by atoms with Gasteiger partial charge in [-0.1, -0.05) is 56.7 Å². The van der Waals surface area contributed by atoms with Crippen LogP contribution in [0.3, 0.4) is 0 Å². The standard InChI is InChI=1S/C23H29N3O/c1-3-5-7-17-10-12-18(13-11-17)22-23(19-8-6-9-20(27)15-19)26-21(25-22)16-24-14-4-2/h6,8-13,15,24,27H,3-5,7,14,16H2,1-2H3,(H,25,26). The van der Waals surface area contributed by atoms with Crippen molar-refractivity contribution < 1.29 is 5.11 Å². The summed E-state index contributed by atoms with van der Waals surface area (Å²) in [5.41, 5.74) is 5.26. The molecule has 1 aromatic heterocycles. The summed E-state index contributed by atoms with van der Waals surface area (Å²) >= 11 is 0. The number of hydrogen-bond donors (Lipinski definition) is 3. The van der Waals surface area contributed by atoms with Crippen LogP contribution in [0.2, 0.25) is 0 Å². The van der Waals surface area contributed by atoms with Gasteiger partial charge in [0, 0.05) is 11.1 Å². The SMILES string of the molecule is CCCCc1ccc(-c2[nH]c(CNCCC)nc2-c2cccc(O)c2)cc1. The molecule has 3 rings (SSSR count). The lowest BCUT2D eigenvalue weighted by Gasteiger charge is -2.06. The molecule has 0 radical (unpaired) electrons. The van der Waals surface area contributed by atoms with Gasteiger partial charge >= 0.3 is 0 Å². The molecule has 0 unspecified atom stereocenters. The van der Waals surface area contributed by atoms with Crippen molar-refractivity contribution in [3.63, 3.8) is 0 Å². The topological polar surface area (TPSA) is 60.9 Å². The van der Waals surface area contributed by atoms with Crippen molar-refractivity contribution in [2.45, 2.75) is 46.1 Å². The summed E-state index contributed by atoms with van der Waals surface area (Å²) in [4.78, 5) is 8.29. The third-order valence-electron chi connectivity index (χ3n) is 4.65. The minimum Gasteiger partial charge on any atom is -0.508 e. The molecule has 0 saturated heterocycles. The molecule has 0 atom stereocenters. The van der Waals surface area contributed by atoms with E-state index in [-0.39, 0.29) is 5.75 Å². The van der Waals surface area contributed by atoms with Crippen LogP contribution in [0.4, 0.5) is 0 Å². The number of aromatic amines is 1. The number of rotatable bonds is 9. The van der Waals surface area contributed by atoms with Gasteiger partial charge in [-0.2, -0.15) is 0 Å². The molecule has 4 nitrogen and oxygen atoms in total. The first-order valence-corrected chi connectivity index (χ1v) is 9.89. The number of phenolic OH excluding ortho intramolecular Hbond substituents is 1. The van der Waals surface area contributed by atoms with Crippen LogP contribution >= 0.6 is 0 Å². The van der Waals surface area contributed by atoms with Crippen LogP contribution in [-0.4, -0.2) is 21.6 Å². The van der Waals surface area contributed by atoms with Gasteiger partial charge in [0.25, 0.3) is 0 Å². The predicted octanol–water partition coefficient (Wildman–Crippen LogP) is 5.29. The fourth-order valence-corrected chi connectivity index (χ4v) is 3.18. The van der Waals surface area contributed by atoms with E-state index < -0.39 is 0 Å². The van der Waals surface area contributed by atoms with Crippen molar-refractivity contribution in [1.29, 1.82) is 0 Å². The number of benzene rings is 2. The van der Waals surface area contributed by atoms with Crippen molar-refractivity contribution in [1.82, 2.24) is 15.3 Å². The Labute approximate surface area is 161 Å². The van der Waals surface area contributed by atoms with E-state index in [0.717, 1.165) is 47.7 Å². The largest absolute Gasteiger partial charge is 0.508 e. The first-order chi connectivity index (χ1) is 13.2. The van der Waals surface area contributed by atoms with Gasteiger partial charge in [0.2, 0.25) is 0 Å². The Morgan fingerprint density at radius 3 is 2.52 bits per heavy atom. The zero-order valence-corrected chi connectivity index (χ0v) is 16.3. The number of phenols is 1. The van der Waals surface area contributed by atoms with E-state index in [1.165, 1.54) is 18.4 Å². The molecule has 0 bridgehead atoms. The number of H-pyrrole nitrogens is 1. The Bertz CT molecular complexity index is 852. The number of unbranched alkanes of at least 4 members (excludes halogenated alkanes) is 1.